The monoisotopic (exact) mass is 393 g/mol. The number of rotatable bonds is 7. The molecule has 3 rings (SSSR count). The summed E-state index contributed by atoms with van der Waals surface area (Å²) in [7, 11) is 0. The summed E-state index contributed by atoms with van der Waals surface area (Å²) in [6.07, 6.45) is 1.64. The quantitative estimate of drug-likeness (QED) is 0.376. The molecule has 0 atom stereocenters. The maximum absolute atomic E-state index is 12.1. The lowest BCUT2D eigenvalue weighted by Gasteiger charge is -2.07. The van der Waals surface area contributed by atoms with Crippen LogP contribution in [0.15, 0.2) is 58.8 Å². The van der Waals surface area contributed by atoms with Gasteiger partial charge in [0.15, 0.2) is 11.0 Å². The molecule has 2 aromatic carbocycles. The number of hydrogen-bond acceptors (Lipinski definition) is 5. The van der Waals surface area contributed by atoms with Gasteiger partial charge >= 0.3 is 0 Å². The van der Waals surface area contributed by atoms with Crippen molar-refractivity contribution in [3.8, 4) is 11.4 Å². The Bertz CT molecular complexity index is 979. The highest BCUT2D eigenvalue weighted by Crippen LogP contribution is 2.24. The van der Waals surface area contributed by atoms with Crippen molar-refractivity contribution in [1.82, 2.24) is 20.2 Å². The van der Waals surface area contributed by atoms with Crippen molar-refractivity contribution < 1.29 is 4.79 Å². The summed E-state index contributed by atoms with van der Waals surface area (Å²) in [5.74, 6) is 0.844. The molecule has 0 aliphatic rings. The number of hydrogen-bond donors (Lipinski definition) is 1. The van der Waals surface area contributed by atoms with Crippen LogP contribution in [0.1, 0.15) is 23.6 Å². The molecule has 0 aliphatic heterocycles. The molecule has 0 unspecified atom stereocenters. The van der Waals surface area contributed by atoms with Crippen molar-refractivity contribution in [3.05, 3.63) is 65.2 Å². The summed E-state index contributed by atoms with van der Waals surface area (Å²) in [4.78, 5) is 12.1. The predicted molar refractivity (Wildman–Crippen MR) is 114 cm³/mol. The van der Waals surface area contributed by atoms with Crippen LogP contribution in [0.5, 0.6) is 0 Å². The highest BCUT2D eigenvalue weighted by atomic mass is 32.2. The van der Waals surface area contributed by atoms with Crippen LogP contribution in [0, 0.1) is 13.8 Å². The van der Waals surface area contributed by atoms with Gasteiger partial charge in [-0.25, -0.2) is 5.43 Å². The van der Waals surface area contributed by atoms with Crippen LogP contribution in [0.2, 0.25) is 0 Å². The number of amides is 1. The SMILES string of the molecule is CCn1c(SCC(=O)NN=Cc2cccc(C)c2)nnc1-c1ccc(C)cc1. The van der Waals surface area contributed by atoms with Gasteiger partial charge in [0.25, 0.3) is 5.91 Å². The van der Waals surface area contributed by atoms with Crippen LogP contribution in [-0.4, -0.2) is 32.6 Å². The van der Waals surface area contributed by atoms with Gasteiger partial charge < -0.3 is 4.57 Å². The van der Waals surface area contributed by atoms with Gasteiger partial charge in [-0.3, -0.25) is 4.79 Å². The summed E-state index contributed by atoms with van der Waals surface area (Å²) in [5.41, 5.74) is 6.86. The van der Waals surface area contributed by atoms with E-state index in [-0.39, 0.29) is 11.7 Å². The molecule has 0 radical (unpaired) electrons. The van der Waals surface area contributed by atoms with E-state index < -0.39 is 0 Å². The molecular formula is C21H23N5OS. The Hall–Kier alpha value is -2.93. The van der Waals surface area contributed by atoms with Crippen molar-refractivity contribution in [2.75, 3.05) is 5.75 Å². The van der Waals surface area contributed by atoms with E-state index in [0.29, 0.717) is 0 Å². The van der Waals surface area contributed by atoms with Gasteiger partial charge in [0.1, 0.15) is 0 Å². The Morgan fingerprint density at radius 2 is 1.93 bits per heavy atom. The number of benzene rings is 2. The molecule has 0 spiro atoms. The van der Waals surface area contributed by atoms with Crippen molar-refractivity contribution in [3.63, 3.8) is 0 Å². The van der Waals surface area contributed by atoms with E-state index in [2.05, 4.69) is 39.8 Å². The smallest absolute Gasteiger partial charge is 0.250 e. The number of carbonyl (C=O) groups excluding carboxylic acids is 1. The third-order valence-corrected chi connectivity index (χ3v) is 5.09. The minimum atomic E-state index is -0.184. The second kappa shape index (κ2) is 9.32. The first-order valence-corrected chi connectivity index (χ1v) is 10.1. The lowest BCUT2D eigenvalue weighted by molar-refractivity contribution is -0.118. The van der Waals surface area contributed by atoms with E-state index >= 15 is 0 Å². The molecule has 1 aromatic heterocycles. The number of aryl methyl sites for hydroxylation is 2. The van der Waals surface area contributed by atoms with Crippen LogP contribution < -0.4 is 5.43 Å². The van der Waals surface area contributed by atoms with E-state index in [1.165, 1.54) is 17.3 Å². The third-order valence-electron chi connectivity index (χ3n) is 4.12. The summed E-state index contributed by atoms with van der Waals surface area (Å²) in [6.45, 7) is 6.83. The first kappa shape index (κ1) is 19.8. The molecule has 1 heterocycles. The zero-order chi connectivity index (χ0) is 19.9. The van der Waals surface area contributed by atoms with Crippen LogP contribution in [-0.2, 0) is 11.3 Å². The van der Waals surface area contributed by atoms with Gasteiger partial charge in [-0.2, -0.15) is 5.10 Å². The maximum atomic E-state index is 12.1. The van der Waals surface area contributed by atoms with E-state index in [1.54, 1.807) is 6.21 Å². The Balaban J connectivity index is 1.59. The van der Waals surface area contributed by atoms with Crippen molar-refractivity contribution in [1.29, 1.82) is 0 Å². The van der Waals surface area contributed by atoms with E-state index in [1.807, 2.05) is 54.8 Å². The number of nitrogens with zero attached hydrogens (tertiary/aromatic N) is 4. The van der Waals surface area contributed by atoms with Crippen molar-refractivity contribution in [2.45, 2.75) is 32.5 Å². The minimum Gasteiger partial charge on any atom is -0.302 e. The summed E-state index contributed by atoms with van der Waals surface area (Å²) >= 11 is 1.35. The average molecular weight is 394 g/mol. The lowest BCUT2D eigenvalue weighted by Crippen LogP contribution is -2.20. The van der Waals surface area contributed by atoms with Crippen LogP contribution in [0.25, 0.3) is 11.4 Å². The Kier molecular flexibility index (Phi) is 6.60. The largest absolute Gasteiger partial charge is 0.302 e. The second-order valence-electron chi connectivity index (χ2n) is 6.41. The molecule has 6 nitrogen and oxygen atoms in total. The molecule has 0 saturated carbocycles. The lowest BCUT2D eigenvalue weighted by atomic mass is 10.1. The normalized spacial score (nSPS) is 11.1. The first-order chi connectivity index (χ1) is 13.6. The standard InChI is InChI=1S/C21H23N5OS/c1-4-26-20(18-10-8-15(2)9-11-18)24-25-21(26)28-14-19(27)23-22-13-17-7-5-6-16(3)12-17/h5-13H,4,14H2,1-3H3,(H,23,27). The van der Waals surface area contributed by atoms with Gasteiger partial charge in [0, 0.05) is 12.1 Å². The molecule has 1 amide bonds. The Morgan fingerprint density at radius 1 is 1.14 bits per heavy atom. The predicted octanol–water partition coefficient (Wildman–Crippen LogP) is 3.82. The molecule has 0 fully saturated rings. The van der Waals surface area contributed by atoms with Crippen molar-refractivity contribution in [2.24, 2.45) is 5.10 Å². The molecular weight excluding hydrogens is 370 g/mol. The number of thioether (sulfide) groups is 1. The maximum Gasteiger partial charge on any atom is 0.250 e. The van der Waals surface area contributed by atoms with Gasteiger partial charge in [0.2, 0.25) is 0 Å². The Morgan fingerprint density at radius 3 is 2.64 bits per heavy atom. The second-order valence-corrected chi connectivity index (χ2v) is 7.35. The van der Waals surface area contributed by atoms with Crippen LogP contribution in [0.4, 0.5) is 0 Å². The van der Waals surface area contributed by atoms with Gasteiger partial charge in [-0.05, 0) is 26.3 Å². The summed E-state index contributed by atoms with van der Waals surface area (Å²) < 4.78 is 2.01. The molecule has 144 valence electrons. The summed E-state index contributed by atoms with van der Waals surface area (Å²) in [6, 6.07) is 16.1. The molecule has 7 heteroatoms. The molecule has 0 saturated heterocycles. The highest BCUT2D eigenvalue weighted by molar-refractivity contribution is 7.99. The van der Waals surface area contributed by atoms with E-state index in [9.17, 15) is 4.79 Å². The molecule has 28 heavy (non-hydrogen) atoms. The fraction of sp³-hybridized carbons (Fsp3) is 0.238. The molecule has 3 aromatic rings. The number of nitrogens with one attached hydrogen (secondary N) is 1. The Labute approximate surface area is 169 Å². The molecule has 0 bridgehead atoms. The molecule has 0 aliphatic carbocycles. The average Bonchev–Trinajstić information content (AvgIpc) is 3.10. The first-order valence-electron chi connectivity index (χ1n) is 9.08. The highest BCUT2D eigenvalue weighted by Gasteiger charge is 2.14. The zero-order valence-corrected chi connectivity index (χ0v) is 17.0. The van der Waals surface area contributed by atoms with E-state index in [0.717, 1.165) is 34.2 Å². The fourth-order valence-electron chi connectivity index (χ4n) is 2.69. The van der Waals surface area contributed by atoms with Gasteiger partial charge in [0.05, 0.1) is 12.0 Å². The number of carbonyl (C=O) groups is 1. The minimum absolute atomic E-state index is 0.184. The van der Waals surface area contributed by atoms with Gasteiger partial charge in [-0.15, -0.1) is 10.2 Å². The summed E-state index contributed by atoms with van der Waals surface area (Å²) in [5, 5.41) is 13.3. The van der Waals surface area contributed by atoms with Crippen molar-refractivity contribution >= 4 is 23.9 Å². The molecule has 1 N–H and O–H groups in total. The van der Waals surface area contributed by atoms with Crippen LogP contribution >= 0.6 is 11.8 Å². The van der Waals surface area contributed by atoms with Gasteiger partial charge in [-0.1, -0.05) is 71.4 Å². The van der Waals surface area contributed by atoms with Crippen LogP contribution in [0.3, 0.4) is 0 Å². The fourth-order valence-corrected chi connectivity index (χ4v) is 3.48. The zero-order valence-electron chi connectivity index (χ0n) is 16.2. The third kappa shape index (κ3) is 5.07. The van der Waals surface area contributed by atoms with E-state index in [4.69, 9.17) is 0 Å². The number of aromatic nitrogens is 3. The topological polar surface area (TPSA) is 72.2 Å². The number of hydrazone groups is 1.